The lowest BCUT2D eigenvalue weighted by Crippen LogP contribution is -2.35. The highest BCUT2D eigenvalue weighted by atomic mass is 79.9. The first kappa shape index (κ1) is 22.0. The molecule has 0 saturated carbocycles. The van der Waals surface area contributed by atoms with Crippen LogP contribution in [-0.4, -0.2) is 34.4 Å². The molecule has 0 saturated heterocycles. The number of carbonyl (C=O) groups is 2. The molecule has 0 bridgehead atoms. The summed E-state index contributed by atoms with van der Waals surface area (Å²) >= 11 is 4.56. The Morgan fingerprint density at radius 2 is 2.20 bits per heavy atom. The van der Waals surface area contributed by atoms with Gasteiger partial charge in [-0.25, -0.2) is 14.6 Å². The molecule has 1 amide bonds. The number of amides is 1. The molecule has 7 nitrogen and oxygen atoms in total. The second-order valence-electron chi connectivity index (χ2n) is 6.38. The first-order valence-electron chi connectivity index (χ1n) is 8.68. The summed E-state index contributed by atoms with van der Waals surface area (Å²) in [7, 11) is 1.65. The van der Waals surface area contributed by atoms with Crippen molar-refractivity contribution in [3.63, 3.8) is 0 Å². The maximum Gasteiger partial charge on any atom is 0.248 e. The van der Waals surface area contributed by atoms with Gasteiger partial charge in [-0.15, -0.1) is 11.3 Å². The van der Waals surface area contributed by atoms with Crippen molar-refractivity contribution in [2.75, 3.05) is 12.4 Å². The van der Waals surface area contributed by atoms with Gasteiger partial charge in [0.1, 0.15) is 18.1 Å². The molecule has 1 unspecified atom stereocenters. The first-order chi connectivity index (χ1) is 14.4. The van der Waals surface area contributed by atoms with Crippen molar-refractivity contribution in [1.82, 2.24) is 9.88 Å². The maximum absolute atomic E-state index is 14.0. The van der Waals surface area contributed by atoms with Crippen LogP contribution in [0, 0.1) is 5.82 Å². The van der Waals surface area contributed by atoms with Gasteiger partial charge in [0, 0.05) is 33.7 Å². The topological polar surface area (TPSA) is 91.8 Å². The van der Waals surface area contributed by atoms with Crippen molar-refractivity contribution >= 4 is 44.6 Å². The van der Waals surface area contributed by atoms with Crippen LogP contribution in [0.5, 0.6) is 5.75 Å². The van der Waals surface area contributed by atoms with Crippen LogP contribution in [0.25, 0.3) is 0 Å². The molecule has 0 aliphatic rings. The monoisotopic (exact) mass is 493 g/mol. The highest BCUT2D eigenvalue weighted by Crippen LogP contribution is 2.32. The van der Waals surface area contributed by atoms with E-state index in [1.54, 1.807) is 41.7 Å². The van der Waals surface area contributed by atoms with Gasteiger partial charge in [-0.05, 0) is 42.9 Å². The predicted octanol–water partition coefficient (Wildman–Crippen LogP) is 4.52. The maximum atomic E-state index is 14.0. The highest BCUT2D eigenvalue weighted by molar-refractivity contribution is 9.10. The van der Waals surface area contributed by atoms with E-state index in [1.807, 2.05) is 0 Å². The lowest BCUT2D eigenvalue weighted by atomic mass is 10.0. The minimum absolute atomic E-state index is 0.0612. The number of carbonyl (C=O) groups excluding carboxylic acids is 2. The van der Waals surface area contributed by atoms with Gasteiger partial charge in [0.15, 0.2) is 10.9 Å². The predicted molar refractivity (Wildman–Crippen MR) is 114 cm³/mol. The molecule has 3 aromatic rings. The molecule has 1 aromatic heterocycles. The smallest absolute Gasteiger partial charge is 0.248 e. The van der Waals surface area contributed by atoms with Gasteiger partial charge in [-0.3, -0.25) is 14.5 Å². The Morgan fingerprint density at radius 3 is 2.87 bits per heavy atom. The molecule has 10 heteroatoms. The number of likely N-dealkylation sites (N-methyl/N-ethyl adjacent to an activating group) is 1. The van der Waals surface area contributed by atoms with Crippen LogP contribution in [0.1, 0.15) is 27.5 Å². The molecule has 3 rings (SSSR count). The van der Waals surface area contributed by atoms with Crippen molar-refractivity contribution < 1.29 is 24.1 Å². The minimum Gasteiger partial charge on any atom is -0.340 e. The third-order valence-electron chi connectivity index (χ3n) is 4.37. The zero-order valence-electron chi connectivity index (χ0n) is 15.7. The summed E-state index contributed by atoms with van der Waals surface area (Å²) in [6.07, 6.45) is 2.27. The van der Waals surface area contributed by atoms with Crippen LogP contribution in [0.4, 0.5) is 9.52 Å². The quantitative estimate of drug-likeness (QED) is 0.272. The van der Waals surface area contributed by atoms with E-state index in [2.05, 4.69) is 31.1 Å². The normalized spacial score (nSPS) is 11.9. The third-order valence-corrected chi connectivity index (χ3v) is 5.55. The molecular weight excluding hydrogens is 477 g/mol. The molecule has 0 aliphatic carbocycles. The molecule has 1 heterocycles. The minimum atomic E-state index is -1.05. The number of nitrogens with one attached hydrogen (secondary N) is 1. The summed E-state index contributed by atoms with van der Waals surface area (Å²) in [4.78, 5) is 34.6. The standard InChI is InChI=1S/C20H17BrFN3O4S/c1-25(10-12-2-3-14(21)8-13(12)11-26)18(19(27)24-20-23-6-7-30-20)16-9-15(22)4-5-17(16)29-28/h2-9,11,18,28H,10H2,1H3,(H,23,24,27). The Hall–Kier alpha value is -2.66. The Balaban J connectivity index is 1.99. The fraction of sp³-hybridized carbons (Fsp3) is 0.150. The van der Waals surface area contributed by atoms with Crippen LogP contribution in [0.15, 0.2) is 52.4 Å². The number of anilines is 1. The number of hydrogen-bond acceptors (Lipinski definition) is 7. The fourth-order valence-electron chi connectivity index (χ4n) is 3.03. The molecule has 2 N–H and O–H groups in total. The van der Waals surface area contributed by atoms with Crippen molar-refractivity contribution in [3.8, 4) is 5.75 Å². The number of hydrogen-bond donors (Lipinski definition) is 2. The van der Waals surface area contributed by atoms with E-state index in [9.17, 15) is 19.2 Å². The molecular formula is C20H17BrFN3O4S. The number of aromatic nitrogens is 1. The average Bonchev–Trinajstić information content (AvgIpc) is 3.22. The Morgan fingerprint density at radius 1 is 1.40 bits per heavy atom. The average molecular weight is 494 g/mol. The van der Waals surface area contributed by atoms with E-state index in [4.69, 9.17) is 0 Å². The van der Waals surface area contributed by atoms with Crippen molar-refractivity contribution in [2.24, 2.45) is 0 Å². The summed E-state index contributed by atoms with van der Waals surface area (Å²) in [5.74, 6) is -1.15. The molecule has 30 heavy (non-hydrogen) atoms. The zero-order chi connectivity index (χ0) is 21.7. The molecule has 2 aromatic carbocycles. The largest absolute Gasteiger partial charge is 0.340 e. The number of benzene rings is 2. The Labute approximate surface area is 184 Å². The van der Waals surface area contributed by atoms with Crippen LogP contribution in [0.3, 0.4) is 0 Å². The first-order valence-corrected chi connectivity index (χ1v) is 10.3. The van der Waals surface area contributed by atoms with E-state index in [-0.39, 0.29) is 17.9 Å². The summed E-state index contributed by atoms with van der Waals surface area (Å²) in [6.45, 7) is 0.193. The Bertz CT molecular complexity index is 1050. The SMILES string of the molecule is CN(Cc1ccc(Br)cc1C=O)C(C(=O)Nc1nccs1)c1cc(F)ccc1OO. The van der Waals surface area contributed by atoms with E-state index < -0.39 is 17.8 Å². The number of nitrogens with zero attached hydrogens (tertiary/aromatic N) is 2. The third kappa shape index (κ3) is 5.08. The van der Waals surface area contributed by atoms with E-state index in [1.165, 1.54) is 17.4 Å². The molecule has 0 fully saturated rings. The molecule has 1 atom stereocenters. The van der Waals surface area contributed by atoms with Gasteiger partial charge in [-0.2, -0.15) is 0 Å². The summed E-state index contributed by atoms with van der Waals surface area (Å²) < 4.78 is 14.7. The van der Waals surface area contributed by atoms with E-state index in [0.29, 0.717) is 16.3 Å². The second-order valence-corrected chi connectivity index (χ2v) is 8.19. The lowest BCUT2D eigenvalue weighted by Gasteiger charge is -2.28. The van der Waals surface area contributed by atoms with Crippen molar-refractivity contribution in [2.45, 2.75) is 12.6 Å². The van der Waals surface area contributed by atoms with Crippen molar-refractivity contribution in [1.29, 1.82) is 0 Å². The highest BCUT2D eigenvalue weighted by Gasteiger charge is 2.30. The van der Waals surface area contributed by atoms with E-state index >= 15 is 0 Å². The summed E-state index contributed by atoms with van der Waals surface area (Å²) in [5.41, 5.74) is 1.25. The van der Waals surface area contributed by atoms with Crippen LogP contribution in [-0.2, 0) is 11.3 Å². The second kappa shape index (κ2) is 9.90. The van der Waals surface area contributed by atoms with Gasteiger partial charge >= 0.3 is 0 Å². The molecule has 0 aliphatic heterocycles. The molecule has 0 spiro atoms. The number of thiazole rings is 1. The zero-order valence-corrected chi connectivity index (χ0v) is 18.1. The van der Waals surface area contributed by atoms with Crippen LogP contribution < -0.4 is 10.2 Å². The van der Waals surface area contributed by atoms with Crippen molar-refractivity contribution in [3.05, 3.63) is 75.0 Å². The van der Waals surface area contributed by atoms with E-state index in [0.717, 1.165) is 22.9 Å². The van der Waals surface area contributed by atoms with Gasteiger partial charge in [0.25, 0.3) is 0 Å². The lowest BCUT2D eigenvalue weighted by molar-refractivity contribution is -0.139. The Kier molecular flexibility index (Phi) is 7.27. The van der Waals surface area contributed by atoms with Crippen LogP contribution >= 0.6 is 27.3 Å². The summed E-state index contributed by atoms with van der Waals surface area (Å²) in [5, 5.41) is 14.0. The van der Waals surface area contributed by atoms with Gasteiger partial charge in [-0.1, -0.05) is 22.0 Å². The van der Waals surface area contributed by atoms with Gasteiger partial charge < -0.3 is 10.2 Å². The number of rotatable bonds is 8. The number of halogens is 2. The number of aldehydes is 1. The molecule has 156 valence electrons. The van der Waals surface area contributed by atoms with Gasteiger partial charge in [0.2, 0.25) is 5.91 Å². The van der Waals surface area contributed by atoms with Gasteiger partial charge in [0.05, 0.1) is 0 Å². The molecule has 0 radical (unpaired) electrons. The summed E-state index contributed by atoms with van der Waals surface area (Å²) in [6, 6.07) is 7.64. The fourth-order valence-corrected chi connectivity index (χ4v) is 3.94. The van der Waals surface area contributed by atoms with Crippen LogP contribution in [0.2, 0.25) is 0 Å².